The largest absolute Gasteiger partial charge is 0.507 e. The molecule has 2 N–H and O–H groups in total. The second kappa shape index (κ2) is 9.03. The molecule has 0 bridgehead atoms. The van der Waals surface area contributed by atoms with E-state index in [4.69, 9.17) is 4.74 Å². The molecular formula is C29H22N4O3. The lowest BCUT2D eigenvalue weighted by molar-refractivity contribution is 0.0729. The SMILES string of the molecule is O=C1c2[nH]nc(-c3ccccc3O)c2C(c2cccc(Oc3ccccc3)c2)N1Cc1cccnc1. The van der Waals surface area contributed by atoms with Crippen LogP contribution in [0, 0.1) is 0 Å². The molecule has 3 heterocycles. The van der Waals surface area contributed by atoms with Gasteiger partial charge in [-0.3, -0.25) is 14.9 Å². The van der Waals surface area contributed by atoms with Crippen molar-refractivity contribution in [3.63, 3.8) is 0 Å². The first-order valence-corrected chi connectivity index (χ1v) is 11.6. The highest BCUT2D eigenvalue weighted by atomic mass is 16.5. The van der Waals surface area contributed by atoms with E-state index in [-0.39, 0.29) is 11.7 Å². The quantitative estimate of drug-likeness (QED) is 0.329. The van der Waals surface area contributed by atoms with Crippen LogP contribution in [0.1, 0.15) is 33.2 Å². The van der Waals surface area contributed by atoms with Gasteiger partial charge >= 0.3 is 0 Å². The fraction of sp³-hybridized carbons (Fsp3) is 0.0690. The lowest BCUT2D eigenvalue weighted by Crippen LogP contribution is -2.29. The summed E-state index contributed by atoms with van der Waals surface area (Å²) < 4.78 is 6.09. The van der Waals surface area contributed by atoms with Gasteiger partial charge in [-0.05, 0) is 53.6 Å². The summed E-state index contributed by atoms with van der Waals surface area (Å²) >= 11 is 0. The number of benzene rings is 3. The summed E-state index contributed by atoms with van der Waals surface area (Å²) in [5, 5.41) is 17.9. The number of aromatic nitrogens is 3. The Balaban J connectivity index is 1.47. The summed E-state index contributed by atoms with van der Waals surface area (Å²) in [6.07, 6.45) is 3.47. The van der Waals surface area contributed by atoms with Gasteiger partial charge in [0, 0.05) is 30.1 Å². The molecule has 0 saturated carbocycles. The van der Waals surface area contributed by atoms with Gasteiger partial charge in [-0.25, -0.2) is 0 Å². The molecule has 36 heavy (non-hydrogen) atoms. The molecule has 0 spiro atoms. The number of phenolic OH excluding ortho intramolecular Hbond substituents is 1. The highest BCUT2D eigenvalue weighted by Gasteiger charge is 2.42. The Morgan fingerprint density at radius 3 is 2.53 bits per heavy atom. The van der Waals surface area contributed by atoms with E-state index in [1.807, 2.05) is 72.8 Å². The van der Waals surface area contributed by atoms with E-state index in [1.165, 1.54) is 0 Å². The van der Waals surface area contributed by atoms with Crippen LogP contribution in [0.25, 0.3) is 11.3 Å². The molecule has 0 radical (unpaired) electrons. The number of hydrogen-bond acceptors (Lipinski definition) is 5. The van der Waals surface area contributed by atoms with Gasteiger partial charge in [-0.1, -0.05) is 48.5 Å². The molecule has 0 aliphatic carbocycles. The number of hydrogen-bond donors (Lipinski definition) is 2. The van der Waals surface area contributed by atoms with Gasteiger partial charge < -0.3 is 14.7 Å². The zero-order chi connectivity index (χ0) is 24.5. The summed E-state index contributed by atoms with van der Waals surface area (Å²) in [6, 6.07) is 27.6. The zero-order valence-corrected chi connectivity index (χ0v) is 19.2. The first-order chi connectivity index (χ1) is 17.7. The van der Waals surface area contributed by atoms with Crippen molar-refractivity contribution < 1.29 is 14.6 Å². The van der Waals surface area contributed by atoms with Crippen molar-refractivity contribution in [1.29, 1.82) is 0 Å². The summed E-state index contributed by atoms with van der Waals surface area (Å²) in [7, 11) is 0. The van der Waals surface area contributed by atoms with Crippen LogP contribution in [0.4, 0.5) is 0 Å². The monoisotopic (exact) mass is 474 g/mol. The summed E-state index contributed by atoms with van der Waals surface area (Å²) in [4.78, 5) is 19.6. The predicted octanol–water partition coefficient (Wildman–Crippen LogP) is 5.72. The molecule has 3 aromatic carbocycles. The fourth-order valence-electron chi connectivity index (χ4n) is 4.65. The highest BCUT2D eigenvalue weighted by Crippen LogP contribution is 2.45. The number of aromatic amines is 1. The van der Waals surface area contributed by atoms with E-state index in [0.29, 0.717) is 29.2 Å². The van der Waals surface area contributed by atoms with Gasteiger partial charge in [-0.15, -0.1) is 0 Å². The summed E-state index contributed by atoms with van der Waals surface area (Å²) in [5.41, 5.74) is 4.03. The summed E-state index contributed by atoms with van der Waals surface area (Å²) in [5.74, 6) is 1.32. The van der Waals surface area contributed by atoms with Crippen molar-refractivity contribution in [2.45, 2.75) is 12.6 Å². The number of rotatable bonds is 6. The number of pyridine rings is 1. The number of carbonyl (C=O) groups excluding carboxylic acids is 1. The number of phenols is 1. The number of ether oxygens (including phenoxy) is 1. The van der Waals surface area contributed by atoms with Crippen molar-refractivity contribution in [1.82, 2.24) is 20.1 Å². The third-order valence-corrected chi connectivity index (χ3v) is 6.25. The van der Waals surface area contributed by atoms with E-state index >= 15 is 0 Å². The number of nitrogens with zero attached hydrogens (tertiary/aromatic N) is 3. The van der Waals surface area contributed by atoms with Crippen molar-refractivity contribution in [2.75, 3.05) is 0 Å². The zero-order valence-electron chi connectivity index (χ0n) is 19.2. The molecule has 0 saturated heterocycles. The molecule has 176 valence electrons. The minimum Gasteiger partial charge on any atom is -0.507 e. The van der Waals surface area contributed by atoms with Crippen LogP contribution in [0.5, 0.6) is 17.2 Å². The van der Waals surface area contributed by atoms with E-state index in [9.17, 15) is 9.90 Å². The maximum absolute atomic E-state index is 13.6. The highest BCUT2D eigenvalue weighted by molar-refractivity contribution is 6.00. The van der Waals surface area contributed by atoms with Crippen LogP contribution in [-0.4, -0.2) is 31.1 Å². The molecule has 6 rings (SSSR count). The van der Waals surface area contributed by atoms with Gasteiger partial charge in [0.2, 0.25) is 0 Å². The number of amides is 1. The Bertz CT molecular complexity index is 1530. The molecule has 2 aromatic heterocycles. The van der Waals surface area contributed by atoms with Gasteiger partial charge in [-0.2, -0.15) is 5.10 Å². The van der Waals surface area contributed by atoms with Crippen LogP contribution in [0.15, 0.2) is 103 Å². The number of H-pyrrole nitrogens is 1. The maximum Gasteiger partial charge on any atom is 0.273 e. The first-order valence-electron chi connectivity index (χ1n) is 11.6. The second-order valence-corrected chi connectivity index (χ2v) is 8.56. The van der Waals surface area contributed by atoms with Crippen molar-refractivity contribution in [2.24, 2.45) is 0 Å². The second-order valence-electron chi connectivity index (χ2n) is 8.56. The number of aromatic hydroxyl groups is 1. The van der Waals surface area contributed by atoms with E-state index in [0.717, 1.165) is 22.4 Å². The molecule has 7 heteroatoms. The van der Waals surface area contributed by atoms with Crippen LogP contribution in [0.3, 0.4) is 0 Å². The molecule has 1 atom stereocenters. The Morgan fingerprint density at radius 1 is 0.917 bits per heavy atom. The topological polar surface area (TPSA) is 91.3 Å². The Hall–Kier alpha value is -4.91. The van der Waals surface area contributed by atoms with Crippen LogP contribution >= 0.6 is 0 Å². The van der Waals surface area contributed by atoms with Crippen molar-refractivity contribution in [3.8, 4) is 28.5 Å². The van der Waals surface area contributed by atoms with E-state index in [2.05, 4.69) is 15.2 Å². The van der Waals surface area contributed by atoms with Gasteiger partial charge in [0.1, 0.15) is 28.6 Å². The van der Waals surface area contributed by atoms with Crippen LogP contribution in [-0.2, 0) is 6.54 Å². The lowest BCUT2D eigenvalue weighted by Gasteiger charge is -2.26. The standard InChI is InChI=1S/C29H22N4O3/c34-24-14-5-4-13-23(24)26-25-27(32-31-26)29(35)33(18-19-8-7-15-30-17-19)28(25)20-9-6-12-22(16-20)36-21-10-2-1-3-11-21/h1-17,28,34H,18H2,(H,31,32). The third kappa shape index (κ3) is 3.86. The molecule has 7 nitrogen and oxygen atoms in total. The number of fused-ring (bicyclic) bond motifs is 1. The fourth-order valence-corrected chi connectivity index (χ4v) is 4.65. The minimum absolute atomic E-state index is 0.102. The third-order valence-electron chi connectivity index (χ3n) is 6.25. The summed E-state index contributed by atoms with van der Waals surface area (Å²) in [6.45, 7) is 0.365. The lowest BCUT2D eigenvalue weighted by atomic mass is 9.95. The Labute approximate surface area is 207 Å². The van der Waals surface area contributed by atoms with Gasteiger partial charge in [0.25, 0.3) is 5.91 Å². The predicted molar refractivity (Wildman–Crippen MR) is 135 cm³/mol. The smallest absolute Gasteiger partial charge is 0.273 e. The number of nitrogens with one attached hydrogen (secondary N) is 1. The van der Waals surface area contributed by atoms with E-state index in [1.54, 1.807) is 35.5 Å². The molecule has 0 fully saturated rings. The molecule has 1 unspecified atom stereocenters. The molecule has 1 amide bonds. The normalized spacial score (nSPS) is 14.6. The van der Waals surface area contributed by atoms with Gasteiger partial charge in [0.15, 0.2) is 0 Å². The number of para-hydroxylation sites is 2. The first kappa shape index (κ1) is 21.6. The van der Waals surface area contributed by atoms with Crippen LogP contribution < -0.4 is 4.74 Å². The molecule has 5 aromatic rings. The van der Waals surface area contributed by atoms with Crippen molar-refractivity contribution >= 4 is 5.91 Å². The average Bonchev–Trinajstić information content (AvgIpc) is 3.45. The number of carbonyl (C=O) groups is 1. The van der Waals surface area contributed by atoms with Gasteiger partial charge in [0.05, 0.1) is 6.04 Å². The average molecular weight is 475 g/mol. The minimum atomic E-state index is -0.444. The maximum atomic E-state index is 13.6. The molecule has 1 aliphatic heterocycles. The van der Waals surface area contributed by atoms with Crippen molar-refractivity contribution in [3.05, 3.63) is 126 Å². The Morgan fingerprint density at radius 2 is 1.72 bits per heavy atom. The van der Waals surface area contributed by atoms with Crippen LogP contribution in [0.2, 0.25) is 0 Å². The van der Waals surface area contributed by atoms with E-state index < -0.39 is 6.04 Å². The Kier molecular flexibility index (Phi) is 5.42. The molecular weight excluding hydrogens is 452 g/mol. The molecule has 1 aliphatic rings.